The number of para-hydroxylation sites is 1. The molecule has 3 atom stereocenters. The highest BCUT2D eigenvalue weighted by Crippen LogP contribution is 2.61. The fourth-order valence-electron chi connectivity index (χ4n) is 7.15. The monoisotopic (exact) mass is 523 g/mol. The van der Waals surface area contributed by atoms with Crippen molar-refractivity contribution in [2.24, 2.45) is 5.41 Å². The van der Waals surface area contributed by atoms with Crippen molar-refractivity contribution >= 4 is 29.1 Å². The summed E-state index contributed by atoms with van der Waals surface area (Å²) in [6.07, 6.45) is 3.97. The first-order valence-electron chi connectivity index (χ1n) is 13.9. The van der Waals surface area contributed by atoms with Crippen molar-refractivity contribution < 1.29 is 14.4 Å². The Morgan fingerprint density at radius 2 is 1.35 bits per heavy atom. The van der Waals surface area contributed by atoms with Crippen molar-refractivity contribution in [1.82, 2.24) is 0 Å². The van der Waals surface area contributed by atoms with Gasteiger partial charge in [-0.2, -0.15) is 0 Å². The van der Waals surface area contributed by atoms with Crippen molar-refractivity contribution in [3.05, 3.63) is 143 Å². The van der Waals surface area contributed by atoms with Crippen LogP contribution in [0.4, 0.5) is 5.69 Å². The van der Waals surface area contributed by atoms with Crippen LogP contribution < -0.4 is 4.90 Å². The molecule has 40 heavy (non-hydrogen) atoms. The Balaban J connectivity index is 1.54. The lowest BCUT2D eigenvalue weighted by molar-refractivity contribution is 0.0666. The van der Waals surface area contributed by atoms with Gasteiger partial charge in [-0.3, -0.25) is 14.4 Å². The minimum atomic E-state index is -1.47. The molecule has 4 aromatic carbocycles. The Morgan fingerprint density at radius 1 is 0.750 bits per heavy atom. The molecule has 4 aromatic rings. The predicted octanol–water partition coefficient (Wildman–Crippen LogP) is 7.13. The number of fused-ring (bicyclic) bond motifs is 5. The van der Waals surface area contributed by atoms with Crippen LogP contribution in [0.2, 0.25) is 0 Å². The summed E-state index contributed by atoms with van der Waals surface area (Å²) >= 11 is 0. The number of Topliss-reactive ketones (excluding diaryl/α,β-unsaturated/α-hetero) is 3. The average Bonchev–Trinajstić information content (AvgIpc) is 3.43. The van der Waals surface area contributed by atoms with Crippen LogP contribution in [0.5, 0.6) is 0 Å². The maximum Gasteiger partial charge on any atom is 0.185 e. The van der Waals surface area contributed by atoms with Gasteiger partial charge in [-0.25, -0.2) is 0 Å². The molecule has 0 unspecified atom stereocenters. The second-order valence-corrected chi connectivity index (χ2v) is 11.3. The third-order valence-electron chi connectivity index (χ3n) is 9.00. The first kappa shape index (κ1) is 24.5. The van der Waals surface area contributed by atoms with Gasteiger partial charge in [0.2, 0.25) is 0 Å². The lowest BCUT2D eigenvalue weighted by Gasteiger charge is -2.37. The fraction of sp³-hybridized carbons (Fsp3) is 0.194. The summed E-state index contributed by atoms with van der Waals surface area (Å²) in [5, 5.41) is 0. The number of carbonyl (C=O) groups excluding carboxylic acids is 3. The zero-order chi connectivity index (χ0) is 27.6. The average molecular weight is 524 g/mol. The third-order valence-corrected chi connectivity index (χ3v) is 9.00. The van der Waals surface area contributed by atoms with Crippen LogP contribution in [-0.2, 0) is 0 Å². The molecule has 4 nitrogen and oxygen atoms in total. The van der Waals surface area contributed by atoms with E-state index >= 15 is 0 Å². The van der Waals surface area contributed by atoms with Gasteiger partial charge in [0.05, 0.1) is 6.04 Å². The van der Waals surface area contributed by atoms with Crippen LogP contribution in [0.25, 0.3) is 6.08 Å². The second-order valence-electron chi connectivity index (χ2n) is 11.3. The molecule has 7 rings (SSSR count). The molecule has 0 amide bonds. The zero-order valence-corrected chi connectivity index (χ0v) is 22.5. The molecule has 0 N–H and O–H groups in total. The normalized spacial score (nSPS) is 22.0. The van der Waals surface area contributed by atoms with E-state index in [1.807, 2.05) is 78.9 Å². The Bertz CT molecular complexity index is 1660. The standard InChI is InChI=1S/C36H29NO3/c1-22(2)23-16-18-25(19-17-23)31-32(33(38)26-11-4-3-5-12-26)37-29-15-9-6-10-24(29)20-21-30(37)36(31)34(39)27-13-7-8-14-28(27)35(36)40/h3-22,30-32H,1-2H3/t30-,31-,32+/m0/s1. The van der Waals surface area contributed by atoms with E-state index in [0.717, 1.165) is 22.4 Å². The molecule has 0 aromatic heterocycles. The molecule has 1 fully saturated rings. The molecular weight excluding hydrogens is 494 g/mol. The highest BCUT2D eigenvalue weighted by molar-refractivity contribution is 6.32. The van der Waals surface area contributed by atoms with Crippen molar-refractivity contribution in [3.63, 3.8) is 0 Å². The molecule has 4 heteroatoms. The molecule has 1 spiro atoms. The number of rotatable bonds is 4. The van der Waals surface area contributed by atoms with Crippen molar-refractivity contribution in [1.29, 1.82) is 0 Å². The van der Waals surface area contributed by atoms with E-state index in [-0.39, 0.29) is 17.3 Å². The summed E-state index contributed by atoms with van der Waals surface area (Å²) in [4.78, 5) is 46.0. The van der Waals surface area contributed by atoms with E-state index in [0.29, 0.717) is 22.6 Å². The highest BCUT2D eigenvalue weighted by Gasteiger charge is 2.71. The summed E-state index contributed by atoms with van der Waals surface area (Å²) in [7, 11) is 0. The first-order valence-corrected chi connectivity index (χ1v) is 13.9. The largest absolute Gasteiger partial charge is 0.352 e. The maximum absolute atomic E-state index is 14.7. The first-order chi connectivity index (χ1) is 19.4. The molecule has 0 saturated carbocycles. The van der Waals surface area contributed by atoms with Crippen molar-refractivity contribution in [2.45, 2.75) is 37.8 Å². The van der Waals surface area contributed by atoms with Gasteiger partial charge in [0.25, 0.3) is 0 Å². The Morgan fingerprint density at radius 3 is 2.00 bits per heavy atom. The Hall–Kier alpha value is -4.57. The smallest absolute Gasteiger partial charge is 0.185 e. The lowest BCUT2D eigenvalue weighted by atomic mass is 9.64. The van der Waals surface area contributed by atoms with Crippen LogP contribution in [0.1, 0.15) is 73.4 Å². The maximum atomic E-state index is 14.7. The van der Waals surface area contributed by atoms with E-state index in [4.69, 9.17) is 0 Å². The topological polar surface area (TPSA) is 54.5 Å². The van der Waals surface area contributed by atoms with Crippen LogP contribution in [-0.4, -0.2) is 29.4 Å². The van der Waals surface area contributed by atoms with Gasteiger partial charge < -0.3 is 4.90 Å². The van der Waals surface area contributed by atoms with Crippen molar-refractivity contribution in [3.8, 4) is 0 Å². The van der Waals surface area contributed by atoms with Gasteiger partial charge in [-0.05, 0) is 28.7 Å². The van der Waals surface area contributed by atoms with Crippen LogP contribution in [0.15, 0.2) is 109 Å². The molecule has 1 aliphatic carbocycles. The van der Waals surface area contributed by atoms with Crippen LogP contribution in [0.3, 0.4) is 0 Å². The predicted molar refractivity (Wildman–Crippen MR) is 157 cm³/mol. The van der Waals surface area contributed by atoms with E-state index in [1.54, 1.807) is 24.3 Å². The number of carbonyl (C=O) groups is 3. The molecule has 0 bridgehead atoms. The van der Waals surface area contributed by atoms with E-state index < -0.39 is 23.4 Å². The van der Waals surface area contributed by atoms with E-state index in [1.165, 1.54) is 0 Å². The summed E-state index contributed by atoms with van der Waals surface area (Å²) in [5.41, 5.74) is 3.79. The van der Waals surface area contributed by atoms with Gasteiger partial charge in [-0.15, -0.1) is 0 Å². The number of anilines is 1. The van der Waals surface area contributed by atoms with Crippen LogP contribution in [0, 0.1) is 5.41 Å². The molecule has 2 aliphatic heterocycles. The quantitative estimate of drug-likeness (QED) is 0.211. The van der Waals surface area contributed by atoms with Gasteiger partial charge in [-0.1, -0.05) is 123 Å². The Labute approximate surface area is 234 Å². The number of benzene rings is 4. The highest BCUT2D eigenvalue weighted by atomic mass is 16.2. The second kappa shape index (κ2) is 8.99. The summed E-state index contributed by atoms with van der Waals surface area (Å²) in [6.45, 7) is 4.27. The fourth-order valence-corrected chi connectivity index (χ4v) is 7.15. The number of nitrogens with zero attached hydrogens (tertiary/aromatic N) is 1. The molecule has 196 valence electrons. The summed E-state index contributed by atoms with van der Waals surface area (Å²) < 4.78 is 0. The lowest BCUT2D eigenvalue weighted by Crippen LogP contribution is -2.48. The minimum absolute atomic E-state index is 0.0953. The number of ketones is 3. The van der Waals surface area contributed by atoms with Crippen LogP contribution >= 0.6 is 0 Å². The molecule has 3 aliphatic rings. The van der Waals surface area contributed by atoms with Gasteiger partial charge in [0.15, 0.2) is 17.3 Å². The summed E-state index contributed by atoms with van der Waals surface area (Å²) in [6, 6.07) is 31.1. The zero-order valence-electron chi connectivity index (χ0n) is 22.5. The van der Waals surface area contributed by atoms with E-state index in [2.05, 4.69) is 30.9 Å². The minimum Gasteiger partial charge on any atom is -0.352 e. The van der Waals surface area contributed by atoms with Gasteiger partial charge in [0.1, 0.15) is 11.5 Å². The Kier molecular flexibility index (Phi) is 5.50. The number of hydrogen-bond acceptors (Lipinski definition) is 4. The third kappa shape index (κ3) is 3.22. The molecule has 1 saturated heterocycles. The molecule has 0 radical (unpaired) electrons. The van der Waals surface area contributed by atoms with E-state index in [9.17, 15) is 14.4 Å². The van der Waals surface area contributed by atoms with Crippen molar-refractivity contribution in [2.75, 3.05) is 4.90 Å². The SMILES string of the molecule is CC(C)c1ccc([C@H]2[C@H](C(=O)c3ccccc3)N3c4ccccc4C=C[C@H]3C23C(=O)c2ccccc2C3=O)cc1. The summed E-state index contributed by atoms with van der Waals surface area (Å²) in [5.74, 6) is -0.855. The molecule has 2 heterocycles. The number of hydrogen-bond donors (Lipinski definition) is 0. The van der Waals surface area contributed by atoms with Gasteiger partial charge >= 0.3 is 0 Å². The molecular formula is C36H29NO3. The van der Waals surface area contributed by atoms with Gasteiger partial charge in [0, 0.05) is 28.3 Å².